The third kappa shape index (κ3) is 3.76. The van der Waals surface area contributed by atoms with Gasteiger partial charge < -0.3 is 18.9 Å². The van der Waals surface area contributed by atoms with E-state index in [4.69, 9.17) is 14.0 Å². The number of nitrogens with zero attached hydrogens (tertiary/aromatic N) is 2. The van der Waals surface area contributed by atoms with Crippen LogP contribution in [-0.4, -0.2) is 48.4 Å². The molecule has 0 N–H and O–H groups in total. The zero-order valence-electron chi connectivity index (χ0n) is 14.2. The molecule has 1 saturated heterocycles. The highest BCUT2D eigenvalue weighted by molar-refractivity contribution is 5.79. The third-order valence-corrected chi connectivity index (χ3v) is 4.02. The largest absolute Gasteiger partial charge is 0.497 e. The molecule has 0 radical (unpaired) electrons. The van der Waals surface area contributed by atoms with Gasteiger partial charge in [-0.2, -0.15) is 0 Å². The highest BCUT2D eigenvalue weighted by Crippen LogP contribution is 2.24. The Kier molecular flexibility index (Phi) is 4.85. The van der Waals surface area contributed by atoms with Crippen LogP contribution in [0.1, 0.15) is 19.5 Å². The lowest BCUT2D eigenvalue weighted by Crippen LogP contribution is -2.48. The molecule has 1 aromatic carbocycles. The standard InChI is InChI=1S/C18H22N2O4/c1-12-10-20(11-13(2)23-12)18(21)9-15-8-17(24-19-15)14-5-4-6-16(7-14)22-3/h4-8,12-13H,9-11H2,1-3H3. The molecule has 2 aromatic rings. The second-order valence-electron chi connectivity index (χ2n) is 6.15. The summed E-state index contributed by atoms with van der Waals surface area (Å²) in [6.45, 7) is 5.19. The fourth-order valence-corrected chi connectivity index (χ4v) is 2.96. The van der Waals surface area contributed by atoms with Gasteiger partial charge in [0.15, 0.2) is 5.76 Å². The van der Waals surface area contributed by atoms with E-state index in [1.54, 1.807) is 13.2 Å². The Bertz CT molecular complexity index is 703. The first-order valence-corrected chi connectivity index (χ1v) is 8.08. The summed E-state index contributed by atoms with van der Waals surface area (Å²) in [7, 11) is 1.62. The van der Waals surface area contributed by atoms with Crippen molar-refractivity contribution < 1.29 is 18.8 Å². The van der Waals surface area contributed by atoms with Crippen molar-refractivity contribution >= 4 is 5.91 Å². The number of amides is 1. The highest BCUT2D eigenvalue weighted by atomic mass is 16.5. The lowest BCUT2D eigenvalue weighted by Gasteiger charge is -2.35. The van der Waals surface area contributed by atoms with Crippen LogP contribution < -0.4 is 4.74 Å². The smallest absolute Gasteiger partial charge is 0.228 e. The summed E-state index contributed by atoms with van der Waals surface area (Å²) in [5, 5.41) is 4.03. The number of carbonyl (C=O) groups is 1. The number of benzene rings is 1. The van der Waals surface area contributed by atoms with E-state index < -0.39 is 0 Å². The second kappa shape index (κ2) is 7.05. The van der Waals surface area contributed by atoms with Crippen LogP contribution in [0.15, 0.2) is 34.9 Å². The van der Waals surface area contributed by atoms with Gasteiger partial charge in [-0.1, -0.05) is 17.3 Å². The topological polar surface area (TPSA) is 64.8 Å². The van der Waals surface area contributed by atoms with Crippen molar-refractivity contribution in [1.82, 2.24) is 10.1 Å². The van der Waals surface area contributed by atoms with Crippen LogP contribution in [-0.2, 0) is 16.0 Å². The van der Waals surface area contributed by atoms with Gasteiger partial charge in [0.1, 0.15) is 5.75 Å². The maximum absolute atomic E-state index is 12.5. The summed E-state index contributed by atoms with van der Waals surface area (Å²) in [6.07, 6.45) is 0.345. The fraction of sp³-hybridized carbons (Fsp3) is 0.444. The van der Waals surface area contributed by atoms with Crippen molar-refractivity contribution in [2.75, 3.05) is 20.2 Å². The van der Waals surface area contributed by atoms with E-state index in [0.717, 1.165) is 11.3 Å². The Morgan fingerprint density at radius 2 is 2.04 bits per heavy atom. The van der Waals surface area contributed by atoms with Crippen LogP contribution in [0.4, 0.5) is 0 Å². The minimum atomic E-state index is 0.0440. The Morgan fingerprint density at radius 3 is 2.75 bits per heavy atom. The van der Waals surface area contributed by atoms with E-state index in [9.17, 15) is 4.79 Å². The van der Waals surface area contributed by atoms with Gasteiger partial charge >= 0.3 is 0 Å². The van der Waals surface area contributed by atoms with Crippen molar-refractivity contribution in [3.8, 4) is 17.1 Å². The summed E-state index contributed by atoms with van der Waals surface area (Å²) < 4.78 is 16.3. The molecule has 128 valence electrons. The van der Waals surface area contributed by atoms with Crippen molar-refractivity contribution in [3.05, 3.63) is 36.0 Å². The molecule has 6 nitrogen and oxygen atoms in total. The minimum absolute atomic E-state index is 0.0440. The number of rotatable bonds is 4. The van der Waals surface area contributed by atoms with Gasteiger partial charge in [0.25, 0.3) is 0 Å². The molecule has 1 aromatic heterocycles. The number of carbonyl (C=O) groups excluding carboxylic acids is 1. The molecule has 3 rings (SSSR count). The van der Waals surface area contributed by atoms with E-state index in [-0.39, 0.29) is 24.5 Å². The predicted octanol–water partition coefficient (Wildman–Crippen LogP) is 2.53. The number of hydrogen-bond donors (Lipinski definition) is 0. The third-order valence-electron chi connectivity index (χ3n) is 4.02. The minimum Gasteiger partial charge on any atom is -0.497 e. The molecule has 1 aliphatic rings. The van der Waals surface area contributed by atoms with E-state index in [0.29, 0.717) is 24.5 Å². The summed E-state index contributed by atoms with van der Waals surface area (Å²) >= 11 is 0. The maximum Gasteiger partial charge on any atom is 0.228 e. The average Bonchev–Trinajstić information content (AvgIpc) is 3.02. The van der Waals surface area contributed by atoms with Gasteiger partial charge in [0, 0.05) is 24.7 Å². The molecule has 0 bridgehead atoms. The van der Waals surface area contributed by atoms with Gasteiger partial charge in [-0.25, -0.2) is 0 Å². The molecule has 6 heteroatoms. The molecule has 0 saturated carbocycles. The molecule has 2 heterocycles. The first-order chi connectivity index (χ1) is 11.5. The lowest BCUT2D eigenvalue weighted by atomic mass is 10.1. The van der Waals surface area contributed by atoms with Gasteiger partial charge in [-0.15, -0.1) is 0 Å². The highest BCUT2D eigenvalue weighted by Gasteiger charge is 2.26. The Morgan fingerprint density at radius 1 is 1.29 bits per heavy atom. The van der Waals surface area contributed by atoms with Crippen molar-refractivity contribution in [3.63, 3.8) is 0 Å². The second-order valence-corrected chi connectivity index (χ2v) is 6.15. The first-order valence-electron chi connectivity index (χ1n) is 8.08. The maximum atomic E-state index is 12.5. The van der Waals surface area contributed by atoms with Gasteiger partial charge in [-0.3, -0.25) is 4.79 Å². The van der Waals surface area contributed by atoms with Gasteiger partial charge in [0.05, 0.1) is 31.4 Å². The Labute approximate surface area is 141 Å². The Hall–Kier alpha value is -2.34. The summed E-state index contributed by atoms with van der Waals surface area (Å²) in [5.41, 5.74) is 1.50. The molecule has 1 aliphatic heterocycles. The molecule has 0 spiro atoms. The Balaban J connectivity index is 1.68. The first kappa shape index (κ1) is 16.5. The van der Waals surface area contributed by atoms with E-state index >= 15 is 0 Å². The molecule has 1 amide bonds. The van der Waals surface area contributed by atoms with E-state index in [1.165, 1.54) is 0 Å². The monoisotopic (exact) mass is 330 g/mol. The number of hydrogen-bond acceptors (Lipinski definition) is 5. The average molecular weight is 330 g/mol. The SMILES string of the molecule is COc1cccc(-c2cc(CC(=O)N3CC(C)OC(C)C3)no2)c1. The normalized spacial score (nSPS) is 20.9. The van der Waals surface area contributed by atoms with Crippen LogP contribution in [0, 0.1) is 0 Å². The number of ether oxygens (including phenoxy) is 2. The van der Waals surface area contributed by atoms with E-state index in [2.05, 4.69) is 5.16 Å². The molecular weight excluding hydrogens is 308 g/mol. The van der Waals surface area contributed by atoms with Gasteiger partial charge in [0.2, 0.25) is 5.91 Å². The van der Waals surface area contributed by atoms with Crippen LogP contribution in [0.25, 0.3) is 11.3 Å². The summed E-state index contributed by atoms with van der Waals surface area (Å²) in [6, 6.07) is 9.35. The molecule has 0 aliphatic carbocycles. The zero-order valence-corrected chi connectivity index (χ0v) is 14.2. The molecular formula is C18H22N2O4. The number of morpholine rings is 1. The summed E-state index contributed by atoms with van der Waals surface area (Å²) in [4.78, 5) is 14.3. The van der Waals surface area contributed by atoms with E-state index in [1.807, 2.05) is 43.0 Å². The molecule has 24 heavy (non-hydrogen) atoms. The van der Waals surface area contributed by atoms with Crippen LogP contribution in [0.5, 0.6) is 5.75 Å². The number of aromatic nitrogens is 1. The quantitative estimate of drug-likeness (QED) is 0.862. The van der Waals surface area contributed by atoms with Crippen LogP contribution in [0.3, 0.4) is 0 Å². The predicted molar refractivity (Wildman–Crippen MR) is 88.8 cm³/mol. The zero-order chi connectivity index (χ0) is 17.1. The lowest BCUT2D eigenvalue weighted by molar-refractivity contribution is -0.142. The molecule has 2 unspecified atom stereocenters. The number of methoxy groups -OCH3 is 1. The van der Waals surface area contributed by atoms with Gasteiger partial charge in [-0.05, 0) is 26.0 Å². The molecule has 1 fully saturated rings. The fourth-order valence-electron chi connectivity index (χ4n) is 2.96. The van der Waals surface area contributed by atoms with Crippen LogP contribution >= 0.6 is 0 Å². The van der Waals surface area contributed by atoms with Crippen molar-refractivity contribution in [2.45, 2.75) is 32.5 Å². The van der Waals surface area contributed by atoms with Crippen LogP contribution in [0.2, 0.25) is 0 Å². The van der Waals surface area contributed by atoms with Crippen molar-refractivity contribution in [2.24, 2.45) is 0 Å². The molecule has 2 atom stereocenters. The van der Waals surface area contributed by atoms with Crippen molar-refractivity contribution in [1.29, 1.82) is 0 Å². The summed E-state index contributed by atoms with van der Waals surface area (Å²) in [5.74, 6) is 1.42.